The van der Waals surface area contributed by atoms with Crippen molar-refractivity contribution in [2.75, 3.05) is 0 Å². The van der Waals surface area contributed by atoms with Crippen molar-refractivity contribution < 1.29 is 23.8 Å². The summed E-state index contributed by atoms with van der Waals surface area (Å²) in [4.78, 5) is 25.2. The van der Waals surface area contributed by atoms with Gasteiger partial charge in [0.15, 0.2) is 6.04 Å². The van der Waals surface area contributed by atoms with Crippen LogP contribution in [0.3, 0.4) is 0 Å². The lowest BCUT2D eigenvalue weighted by molar-refractivity contribution is -0.144. The molecule has 0 fully saturated rings. The average Bonchev–Trinajstić information content (AvgIpc) is 2.35. The van der Waals surface area contributed by atoms with Crippen LogP contribution in [0.25, 0.3) is 0 Å². The molecule has 0 heterocycles. The van der Waals surface area contributed by atoms with Gasteiger partial charge in [-0.3, -0.25) is 4.90 Å². The van der Waals surface area contributed by atoms with E-state index in [0.29, 0.717) is 5.56 Å². The molecule has 128 valence electrons. The van der Waals surface area contributed by atoms with Crippen LogP contribution in [0, 0.1) is 12.7 Å². The average molecular weight is 325 g/mol. The lowest BCUT2D eigenvalue weighted by atomic mass is 10.0. The van der Waals surface area contributed by atoms with Crippen molar-refractivity contribution in [3.8, 4) is 0 Å². The minimum Gasteiger partial charge on any atom is -0.479 e. The predicted octanol–water partition coefficient (Wildman–Crippen LogP) is 3.91. The van der Waals surface area contributed by atoms with E-state index in [1.807, 2.05) is 0 Å². The van der Waals surface area contributed by atoms with Gasteiger partial charge in [0.05, 0.1) is 0 Å². The summed E-state index contributed by atoms with van der Waals surface area (Å²) in [6.45, 7) is 10.1. The van der Waals surface area contributed by atoms with E-state index >= 15 is 0 Å². The van der Waals surface area contributed by atoms with Crippen LogP contribution >= 0.6 is 0 Å². The molecule has 0 aliphatic heterocycles. The molecule has 5 nitrogen and oxygen atoms in total. The molecule has 0 spiro atoms. The molecule has 0 aliphatic rings. The number of aryl methyl sites for hydroxylation is 1. The number of hydrogen-bond acceptors (Lipinski definition) is 3. The van der Waals surface area contributed by atoms with Gasteiger partial charge < -0.3 is 9.84 Å². The maximum absolute atomic E-state index is 14.2. The Balaban J connectivity index is 3.36. The Kier molecular flexibility index (Phi) is 5.75. The highest BCUT2D eigenvalue weighted by atomic mass is 19.1. The van der Waals surface area contributed by atoms with Gasteiger partial charge in [0.1, 0.15) is 11.4 Å². The lowest BCUT2D eigenvalue weighted by Gasteiger charge is -2.34. The third kappa shape index (κ3) is 4.94. The minimum atomic E-state index is -1.45. The lowest BCUT2D eigenvalue weighted by Crippen LogP contribution is -2.46. The number of amides is 1. The molecule has 0 radical (unpaired) electrons. The zero-order valence-electron chi connectivity index (χ0n) is 14.4. The van der Waals surface area contributed by atoms with Crippen molar-refractivity contribution >= 4 is 12.1 Å². The van der Waals surface area contributed by atoms with Gasteiger partial charge in [-0.05, 0) is 47.6 Å². The molecule has 6 heteroatoms. The fraction of sp³-hybridized carbons (Fsp3) is 0.529. The SMILES string of the molecule is Cc1ccc(F)c(C(C(=O)O)N(C(=O)OC(C)(C)C)C(C)C)c1. The van der Waals surface area contributed by atoms with E-state index in [9.17, 15) is 19.1 Å². The second kappa shape index (κ2) is 6.98. The molecule has 1 aromatic carbocycles. The maximum atomic E-state index is 14.2. The first-order chi connectivity index (χ1) is 10.4. The number of carboxylic acid groups (broad SMARTS) is 1. The highest BCUT2D eigenvalue weighted by molar-refractivity contribution is 5.82. The third-order valence-electron chi connectivity index (χ3n) is 3.12. The first-order valence-corrected chi connectivity index (χ1v) is 7.44. The van der Waals surface area contributed by atoms with Crippen LogP contribution in [0.4, 0.5) is 9.18 Å². The monoisotopic (exact) mass is 325 g/mol. The molecule has 0 aliphatic carbocycles. The Morgan fingerprint density at radius 1 is 1.26 bits per heavy atom. The summed E-state index contributed by atoms with van der Waals surface area (Å²) in [5.74, 6) is -1.98. The minimum absolute atomic E-state index is 0.0583. The molecule has 1 aromatic rings. The summed E-state index contributed by atoms with van der Waals surface area (Å²) in [6.07, 6.45) is -0.791. The molecule has 23 heavy (non-hydrogen) atoms. The Bertz CT molecular complexity index is 593. The Morgan fingerprint density at radius 2 is 1.83 bits per heavy atom. The Morgan fingerprint density at radius 3 is 2.26 bits per heavy atom. The number of carbonyl (C=O) groups excluding carboxylic acids is 1. The van der Waals surface area contributed by atoms with E-state index in [1.54, 1.807) is 47.6 Å². The number of hydrogen-bond donors (Lipinski definition) is 1. The van der Waals surface area contributed by atoms with E-state index in [1.165, 1.54) is 12.1 Å². The van der Waals surface area contributed by atoms with Gasteiger partial charge in [-0.1, -0.05) is 17.7 Å². The van der Waals surface area contributed by atoms with Crippen molar-refractivity contribution in [1.29, 1.82) is 0 Å². The summed E-state index contributed by atoms with van der Waals surface area (Å²) >= 11 is 0. The highest BCUT2D eigenvalue weighted by Gasteiger charge is 2.37. The van der Waals surface area contributed by atoms with Crippen LogP contribution in [-0.4, -0.2) is 33.7 Å². The van der Waals surface area contributed by atoms with Crippen LogP contribution in [0.15, 0.2) is 18.2 Å². The summed E-state index contributed by atoms with van der Waals surface area (Å²) in [5.41, 5.74) is -0.129. The molecule has 0 aromatic heterocycles. The van der Waals surface area contributed by atoms with Crippen LogP contribution in [-0.2, 0) is 9.53 Å². The topological polar surface area (TPSA) is 66.8 Å². The van der Waals surface area contributed by atoms with Gasteiger partial charge in [-0.25, -0.2) is 14.0 Å². The zero-order valence-corrected chi connectivity index (χ0v) is 14.4. The summed E-state index contributed by atoms with van der Waals surface area (Å²) < 4.78 is 19.4. The van der Waals surface area contributed by atoms with Crippen LogP contribution in [0.1, 0.15) is 51.8 Å². The number of carbonyl (C=O) groups is 2. The van der Waals surface area contributed by atoms with Crippen molar-refractivity contribution in [1.82, 2.24) is 4.90 Å². The van der Waals surface area contributed by atoms with E-state index in [0.717, 1.165) is 4.90 Å². The first-order valence-electron chi connectivity index (χ1n) is 7.44. The normalized spacial score (nSPS) is 12.9. The van der Waals surface area contributed by atoms with Crippen LogP contribution in [0.5, 0.6) is 0 Å². The Hall–Kier alpha value is -2.11. The maximum Gasteiger partial charge on any atom is 0.411 e. The van der Waals surface area contributed by atoms with Gasteiger partial charge in [0.25, 0.3) is 0 Å². The quantitative estimate of drug-likeness (QED) is 0.911. The zero-order chi connectivity index (χ0) is 17.9. The van der Waals surface area contributed by atoms with E-state index in [-0.39, 0.29) is 5.56 Å². The van der Waals surface area contributed by atoms with Gasteiger partial charge in [0, 0.05) is 11.6 Å². The van der Waals surface area contributed by atoms with E-state index < -0.39 is 35.6 Å². The number of benzene rings is 1. The second-order valence-corrected chi connectivity index (χ2v) is 6.75. The number of halogens is 1. The molecule has 0 bridgehead atoms. The third-order valence-corrected chi connectivity index (χ3v) is 3.12. The van der Waals surface area contributed by atoms with E-state index in [2.05, 4.69) is 0 Å². The molecule has 0 saturated heterocycles. The molecule has 1 unspecified atom stereocenters. The van der Waals surface area contributed by atoms with Crippen molar-refractivity contribution in [3.63, 3.8) is 0 Å². The summed E-state index contributed by atoms with van der Waals surface area (Å²) in [6, 6.07) is 2.25. The molecular formula is C17H24FNO4. The number of rotatable bonds is 4. The van der Waals surface area contributed by atoms with Crippen molar-refractivity contribution in [2.24, 2.45) is 0 Å². The van der Waals surface area contributed by atoms with Gasteiger partial charge >= 0.3 is 12.1 Å². The molecule has 1 N–H and O–H groups in total. The smallest absolute Gasteiger partial charge is 0.411 e. The molecule has 0 saturated carbocycles. The van der Waals surface area contributed by atoms with E-state index in [4.69, 9.17) is 4.74 Å². The fourth-order valence-corrected chi connectivity index (χ4v) is 2.20. The standard InChI is InChI=1S/C17H24FNO4/c1-10(2)19(16(22)23-17(4,5)6)14(15(20)21)12-9-11(3)7-8-13(12)18/h7-10,14H,1-6H3,(H,20,21). The molecule has 1 rings (SSSR count). The molecule has 1 atom stereocenters. The second-order valence-electron chi connectivity index (χ2n) is 6.75. The fourth-order valence-electron chi connectivity index (χ4n) is 2.20. The Labute approximate surface area is 136 Å². The number of carboxylic acids is 1. The van der Waals surface area contributed by atoms with Gasteiger partial charge in [-0.15, -0.1) is 0 Å². The van der Waals surface area contributed by atoms with Gasteiger partial charge in [0.2, 0.25) is 0 Å². The number of aliphatic carboxylic acids is 1. The molecule has 1 amide bonds. The largest absolute Gasteiger partial charge is 0.479 e. The number of nitrogens with zero attached hydrogens (tertiary/aromatic N) is 1. The first kappa shape index (κ1) is 18.9. The highest BCUT2D eigenvalue weighted by Crippen LogP contribution is 2.28. The van der Waals surface area contributed by atoms with Crippen molar-refractivity contribution in [3.05, 3.63) is 35.1 Å². The van der Waals surface area contributed by atoms with Gasteiger partial charge in [-0.2, -0.15) is 0 Å². The summed E-state index contributed by atoms with van der Waals surface area (Å²) in [5, 5.41) is 9.59. The number of ether oxygens (including phenoxy) is 1. The molecular weight excluding hydrogens is 301 g/mol. The summed E-state index contributed by atoms with van der Waals surface area (Å²) in [7, 11) is 0. The van der Waals surface area contributed by atoms with Crippen molar-refractivity contribution in [2.45, 2.75) is 59.2 Å². The predicted molar refractivity (Wildman–Crippen MR) is 84.7 cm³/mol. The van der Waals surface area contributed by atoms with Crippen LogP contribution in [0.2, 0.25) is 0 Å². The van der Waals surface area contributed by atoms with Crippen LogP contribution < -0.4 is 0 Å².